The van der Waals surface area contributed by atoms with Crippen molar-refractivity contribution in [2.24, 2.45) is 0 Å². The van der Waals surface area contributed by atoms with Crippen LogP contribution in [-0.4, -0.2) is 63.9 Å². The van der Waals surface area contributed by atoms with E-state index in [0.717, 1.165) is 46.5 Å². The number of carbonyl (C=O) groups excluding carboxylic acids is 1. The van der Waals surface area contributed by atoms with E-state index in [0.29, 0.717) is 13.2 Å². The molecule has 3 aromatic heterocycles. The highest BCUT2D eigenvalue weighted by Gasteiger charge is 2.18. The number of fused-ring (bicyclic) bond motifs is 1. The standard InChI is InChI=1S/C24H24N6O3/c31-15-21(16-4-2-1-3-5-16)29-24(32)23-25-11-17(12-26-23)20-14-28-22-19(20)10-18(13-27-22)30-6-8-33-9-7-30/h1-5,10-14,21,31H,6-9,15H2,(H,27,28)(H,29,32). The number of aliphatic hydroxyl groups excluding tert-OH is 1. The molecule has 1 aromatic carbocycles. The lowest BCUT2D eigenvalue weighted by Gasteiger charge is -2.28. The van der Waals surface area contributed by atoms with E-state index in [1.165, 1.54) is 0 Å². The Morgan fingerprint density at radius 1 is 1.12 bits per heavy atom. The van der Waals surface area contributed by atoms with Crippen LogP contribution in [-0.2, 0) is 4.74 Å². The molecule has 0 radical (unpaired) electrons. The Hall–Kier alpha value is -3.82. The maximum absolute atomic E-state index is 12.6. The number of rotatable bonds is 6. The van der Waals surface area contributed by atoms with E-state index >= 15 is 0 Å². The number of hydrogen-bond donors (Lipinski definition) is 3. The van der Waals surface area contributed by atoms with Crippen LogP contribution in [0.3, 0.4) is 0 Å². The minimum absolute atomic E-state index is 0.0418. The van der Waals surface area contributed by atoms with Crippen molar-refractivity contribution in [1.82, 2.24) is 25.3 Å². The largest absolute Gasteiger partial charge is 0.394 e. The van der Waals surface area contributed by atoms with E-state index in [1.807, 2.05) is 42.7 Å². The number of morpholine rings is 1. The summed E-state index contributed by atoms with van der Waals surface area (Å²) >= 11 is 0. The second kappa shape index (κ2) is 9.35. The third kappa shape index (κ3) is 4.41. The maximum Gasteiger partial charge on any atom is 0.289 e. The second-order valence-corrected chi connectivity index (χ2v) is 7.81. The molecular weight excluding hydrogens is 420 g/mol. The van der Waals surface area contributed by atoms with Crippen molar-refractivity contribution in [2.75, 3.05) is 37.8 Å². The molecule has 1 aliphatic heterocycles. The highest BCUT2D eigenvalue weighted by atomic mass is 16.5. The van der Waals surface area contributed by atoms with E-state index in [2.05, 4.69) is 36.2 Å². The summed E-state index contributed by atoms with van der Waals surface area (Å²) in [5.74, 6) is -0.403. The second-order valence-electron chi connectivity index (χ2n) is 7.81. The topological polar surface area (TPSA) is 116 Å². The lowest BCUT2D eigenvalue weighted by atomic mass is 10.1. The Labute approximate surface area is 190 Å². The number of hydrogen-bond acceptors (Lipinski definition) is 7. The molecule has 3 N–H and O–H groups in total. The summed E-state index contributed by atoms with van der Waals surface area (Å²) in [6.07, 6.45) is 6.99. The predicted molar refractivity (Wildman–Crippen MR) is 124 cm³/mol. The van der Waals surface area contributed by atoms with E-state index in [4.69, 9.17) is 4.74 Å². The van der Waals surface area contributed by atoms with Gasteiger partial charge in [0.05, 0.1) is 37.7 Å². The Balaban J connectivity index is 1.36. The fourth-order valence-corrected chi connectivity index (χ4v) is 3.95. The highest BCUT2D eigenvalue weighted by molar-refractivity contribution is 5.95. The molecule has 4 aromatic rings. The average molecular weight is 444 g/mol. The number of nitrogens with zero attached hydrogens (tertiary/aromatic N) is 4. The van der Waals surface area contributed by atoms with Crippen LogP contribution in [0.4, 0.5) is 5.69 Å². The van der Waals surface area contributed by atoms with E-state index in [9.17, 15) is 9.90 Å². The van der Waals surface area contributed by atoms with E-state index < -0.39 is 11.9 Å². The normalized spacial score (nSPS) is 14.9. The lowest BCUT2D eigenvalue weighted by molar-refractivity contribution is 0.0905. The molecule has 9 heteroatoms. The van der Waals surface area contributed by atoms with Crippen LogP contribution in [0.2, 0.25) is 0 Å². The molecule has 168 valence electrons. The van der Waals surface area contributed by atoms with Gasteiger partial charge in [-0.15, -0.1) is 0 Å². The summed E-state index contributed by atoms with van der Waals surface area (Å²) in [4.78, 5) is 31.2. The minimum Gasteiger partial charge on any atom is -0.394 e. The first kappa shape index (κ1) is 21.0. The number of aliphatic hydroxyl groups is 1. The lowest BCUT2D eigenvalue weighted by Crippen LogP contribution is -2.36. The van der Waals surface area contributed by atoms with Crippen molar-refractivity contribution in [3.63, 3.8) is 0 Å². The molecule has 1 saturated heterocycles. The predicted octanol–water partition coefficient (Wildman–Crippen LogP) is 2.32. The summed E-state index contributed by atoms with van der Waals surface area (Å²) in [7, 11) is 0. The van der Waals surface area contributed by atoms with Gasteiger partial charge < -0.3 is 25.0 Å². The Morgan fingerprint density at radius 2 is 1.88 bits per heavy atom. The van der Waals surface area contributed by atoms with Crippen molar-refractivity contribution in [2.45, 2.75) is 6.04 Å². The van der Waals surface area contributed by atoms with Crippen LogP contribution in [0.25, 0.3) is 22.2 Å². The zero-order chi connectivity index (χ0) is 22.6. The number of H-pyrrole nitrogens is 1. The van der Waals surface area contributed by atoms with Gasteiger partial charge in [-0.25, -0.2) is 15.0 Å². The maximum atomic E-state index is 12.6. The van der Waals surface area contributed by atoms with Crippen LogP contribution in [0, 0.1) is 0 Å². The molecule has 5 rings (SSSR count). The highest BCUT2D eigenvalue weighted by Crippen LogP contribution is 2.30. The number of ether oxygens (including phenoxy) is 1. The fraction of sp³-hybridized carbons (Fsp3) is 0.250. The monoisotopic (exact) mass is 444 g/mol. The third-order valence-corrected chi connectivity index (χ3v) is 5.75. The molecule has 1 amide bonds. The molecule has 0 saturated carbocycles. The quantitative estimate of drug-likeness (QED) is 0.418. The minimum atomic E-state index is -0.528. The first-order valence-corrected chi connectivity index (χ1v) is 10.8. The van der Waals surface area contributed by atoms with Crippen molar-refractivity contribution >= 4 is 22.6 Å². The van der Waals surface area contributed by atoms with Crippen LogP contribution in [0.1, 0.15) is 22.2 Å². The van der Waals surface area contributed by atoms with Gasteiger partial charge in [0, 0.05) is 48.2 Å². The molecule has 0 bridgehead atoms. The number of aromatic nitrogens is 4. The summed E-state index contributed by atoms with van der Waals surface area (Å²) in [6, 6.07) is 10.9. The smallest absolute Gasteiger partial charge is 0.289 e. The van der Waals surface area contributed by atoms with Gasteiger partial charge in [0.1, 0.15) is 5.65 Å². The van der Waals surface area contributed by atoms with Crippen LogP contribution >= 0.6 is 0 Å². The van der Waals surface area contributed by atoms with Gasteiger partial charge in [0.25, 0.3) is 5.91 Å². The van der Waals surface area contributed by atoms with Crippen molar-refractivity contribution in [3.05, 3.63) is 72.6 Å². The van der Waals surface area contributed by atoms with Crippen LogP contribution < -0.4 is 10.2 Å². The molecule has 1 aliphatic rings. The molecule has 1 fully saturated rings. The molecule has 1 unspecified atom stereocenters. The zero-order valence-corrected chi connectivity index (χ0v) is 17.9. The Bertz CT molecular complexity index is 1240. The SMILES string of the molecule is O=C(NC(CO)c1ccccc1)c1ncc(-c2c[nH]c3ncc(N4CCOCC4)cc23)cn1. The molecule has 0 aliphatic carbocycles. The van der Waals surface area contributed by atoms with Gasteiger partial charge in [-0.1, -0.05) is 30.3 Å². The number of pyridine rings is 1. The fourth-order valence-electron chi connectivity index (χ4n) is 3.95. The van der Waals surface area contributed by atoms with Gasteiger partial charge in [-0.05, 0) is 11.6 Å². The number of carbonyl (C=O) groups is 1. The van der Waals surface area contributed by atoms with Crippen molar-refractivity contribution in [1.29, 1.82) is 0 Å². The molecule has 1 atom stereocenters. The number of amides is 1. The first-order valence-electron chi connectivity index (χ1n) is 10.8. The van der Waals surface area contributed by atoms with E-state index in [-0.39, 0.29) is 12.4 Å². The van der Waals surface area contributed by atoms with Crippen molar-refractivity contribution < 1.29 is 14.6 Å². The van der Waals surface area contributed by atoms with Gasteiger partial charge in [-0.3, -0.25) is 4.79 Å². The molecule has 33 heavy (non-hydrogen) atoms. The molecule has 4 heterocycles. The number of benzene rings is 1. The summed E-state index contributed by atoms with van der Waals surface area (Å²) in [5.41, 5.74) is 4.32. The Kier molecular flexibility index (Phi) is 5.97. The first-order chi connectivity index (χ1) is 16.2. The van der Waals surface area contributed by atoms with Gasteiger partial charge in [-0.2, -0.15) is 0 Å². The van der Waals surface area contributed by atoms with Gasteiger partial charge >= 0.3 is 0 Å². The summed E-state index contributed by atoms with van der Waals surface area (Å²) in [5, 5.41) is 13.4. The Morgan fingerprint density at radius 3 is 2.61 bits per heavy atom. The molecule has 0 spiro atoms. The van der Waals surface area contributed by atoms with Crippen LogP contribution in [0.5, 0.6) is 0 Å². The number of nitrogens with one attached hydrogen (secondary N) is 2. The number of anilines is 1. The summed E-state index contributed by atoms with van der Waals surface area (Å²) < 4.78 is 5.44. The van der Waals surface area contributed by atoms with E-state index in [1.54, 1.807) is 12.4 Å². The number of aromatic amines is 1. The van der Waals surface area contributed by atoms with Gasteiger partial charge in [0.15, 0.2) is 0 Å². The van der Waals surface area contributed by atoms with Crippen molar-refractivity contribution in [3.8, 4) is 11.1 Å². The third-order valence-electron chi connectivity index (χ3n) is 5.75. The van der Waals surface area contributed by atoms with Gasteiger partial charge in [0.2, 0.25) is 5.82 Å². The average Bonchev–Trinajstić information content (AvgIpc) is 3.31. The zero-order valence-electron chi connectivity index (χ0n) is 17.9. The summed E-state index contributed by atoms with van der Waals surface area (Å²) in [6.45, 7) is 2.85. The van der Waals surface area contributed by atoms with Crippen LogP contribution in [0.15, 0.2) is 61.2 Å². The molecule has 9 nitrogen and oxygen atoms in total. The molecular formula is C24H24N6O3.